The van der Waals surface area contributed by atoms with Gasteiger partial charge in [-0.05, 0) is 41.1 Å². The highest BCUT2D eigenvalue weighted by Crippen LogP contribution is 2.23. The van der Waals surface area contributed by atoms with E-state index in [1.807, 2.05) is 78.9 Å². The largest absolute Gasteiger partial charge is 0.344 e. The van der Waals surface area contributed by atoms with E-state index < -0.39 is 0 Å². The Morgan fingerprint density at radius 1 is 0.875 bits per heavy atom. The molecule has 1 aliphatic heterocycles. The van der Waals surface area contributed by atoms with E-state index in [0.29, 0.717) is 5.56 Å². The first-order valence-corrected chi connectivity index (χ1v) is 11.0. The molecule has 6 nitrogen and oxygen atoms in total. The zero-order chi connectivity index (χ0) is 21.9. The van der Waals surface area contributed by atoms with Gasteiger partial charge in [-0.15, -0.1) is 10.2 Å². The van der Waals surface area contributed by atoms with Crippen molar-refractivity contribution >= 4 is 28.2 Å². The number of fused-ring (bicyclic) bond motifs is 1. The van der Waals surface area contributed by atoms with E-state index in [0.717, 1.165) is 59.7 Å². The number of nitrogens with one attached hydrogen (secondary N) is 2. The zero-order valence-electron chi connectivity index (χ0n) is 18.1. The van der Waals surface area contributed by atoms with Crippen LogP contribution in [0.5, 0.6) is 0 Å². The molecule has 0 aliphatic carbocycles. The van der Waals surface area contributed by atoms with Gasteiger partial charge in [0.25, 0.3) is 5.91 Å². The zero-order valence-corrected chi connectivity index (χ0v) is 18.1. The molecule has 1 fully saturated rings. The smallest absolute Gasteiger partial charge is 0.256 e. The first-order chi connectivity index (χ1) is 15.7. The molecule has 32 heavy (non-hydrogen) atoms. The molecule has 3 aromatic carbocycles. The number of quaternary nitrogens is 1. The second-order valence-corrected chi connectivity index (χ2v) is 8.28. The summed E-state index contributed by atoms with van der Waals surface area (Å²) in [7, 11) is 2.22. The molecule has 4 aromatic rings. The third-order valence-electron chi connectivity index (χ3n) is 6.06. The van der Waals surface area contributed by atoms with Crippen LogP contribution in [0.25, 0.3) is 22.0 Å². The van der Waals surface area contributed by atoms with Crippen molar-refractivity contribution in [3.05, 3.63) is 84.4 Å². The molecule has 1 amide bonds. The van der Waals surface area contributed by atoms with E-state index in [9.17, 15) is 4.79 Å². The van der Waals surface area contributed by atoms with Crippen molar-refractivity contribution in [1.82, 2.24) is 10.2 Å². The number of hydrogen-bond donors (Lipinski definition) is 2. The highest BCUT2D eigenvalue weighted by Gasteiger charge is 2.18. The number of anilines is 2. The number of aromatic nitrogens is 2. The Morgan fingerprint density at radius 2 is 1.62 bits per heavy atom. The summed E-state index contributed by atoms with van der Waals surface area (Å²) < 4.78 is 0. The average molecular weight is 425 g/mol. The number of likely N-dealkylation sites (N-methyl/N-ethyl adjacent to an activating group) is 1. The van der Waals surface area contributed by atoms with Crippen molar-refractivity contribution in [2.45, 2.75) is 0 Å². The fraction of sp³-hybridized carbons (Fsp3) is 0.192. The molecular weight excluding hydrogens is 398 g/mol. The Balaban J connectivity index is 1.28. The lowest BCUT2D eigenvalue weighted by Crippen LogP contribution is -3.12. The van der Waals surface area contributed by atoms with Crippen molar-refractivity contribution in [2.75, 3.05) is 43.4 Å². The minimum absolute atomic E-state index is 0.118. The molecule has 160 valence electrons. The van der Waals surface area contributed by atoms with Gasteiger partial charge in [0.05, 0.1) is 38.9 Å². The number of rotatable bonds is 4. The van der Waals surface area contributed by atoms with Crippen LogP contribution in [0.1, 0.15) is 10.4 Å². The Morgan fingerprint density at radius 3 is 2.38 bits per heavy atom. The number of carbonyl (C=O) groups is 1. The first-order valence-electron chi connectivity index (χ1n) is 11.0. The number of amides is 1. The van der Waals surface area contributed by atoms with Gasteiger partial charge in [0.2, 0.25) is 0 Å². The lowest BCUT2D eigenvalue weighted by molar-refractivity contribution is -0.880. The van der Waals surface area contributed by atoms with Gasteiger partial charge in [0, 0.05) is 16.8 Å². The normalized spacial score (nSPS) is 14.5. The quantitative estimate of drug-likeness (QED) is 0.529. The number of benzene rings is 3. The summed E-state index contributed by atoms with van der Waals surface area (Å²) in [6.45, 7) is 4.25. The summed E-state index contributed by atoms with van der Waals surface area (Å²) in [4.78, 5) is 16.7. The Hall–Kier alpha value is -3.77. The van der Waals surface area contributed by atoms with Gasteiger partial charge in [-0.3, -0.25) is 4.79 Å². The molecule has 0 radical (unpaired) electrons. The highest BCUT2D eigenvalue weighted by atomic mass is 16.1. The van der Waals surface area contributed by atoms with E-state index in [1.165, 1.54) is 0 Å². The lowest BCUT2D eigenvalue weighted by atomic mass is 10.0. The van der Waals surface area contributed by atoms with Gasteiger partial charge in [-0.25, -0.2) is 0 Å². The third-order valence-corrected chi connectivity index (χ3v) is 6.06. The summed E-state index contributed by atoms with van der Waals surface area (Å²) >= 11 is 0. The monoisotopic (exact) mass is 424 g/mol. The SMILES string of the molecule is C[NH+]1CCN(c2ccc(-c3ccc(NC(=O)c4cccc5ccccc45)cc3)nn2)CC1. The Bertz CT molecular complexity index is 1220. The topological polar surface area (TPSA) is 62.6 Å². The van der Waals surface area contributed by atoms with Crippen molar-refractivity contribution < 1.29 is 9.69 Å². The molecule has 0 unspecified atom stereocenters. The minimum Gasteiger partial charge on any atom is -0.344 e. The van der Waals surface area contributed by atoms with Gasteiger partial charge in [-0.2, -0.15) is 0 Å². The van der Waals surface area contributed by atoms with Gasteiger partial charge in [0.15, 0.2) is 5.82 Å². The number of hydrogen-bond acceptors (Lipinski definition) is 4. The molecule has 6 heteroatoms. The van der Waals surface area contributed by atoms with Crippen LogP contribution >= 0.6 is 0 Å². The molecule has 0 spiro atoms. The van der Waals surface area contributed by atoms with Crippen LogP contribution in [0, 0.1) is 0 Å². The molecular formula is C26H26N5O+. The van der Waals surface area contributed by atoms with Gasteiger partial charge in [-0.1, -0.05) is 48.5 Å². The van der Waals surface area contributed by atoms with Crippen LogP contribution in [-0.4, -0.2) is 49.3 Å². The van der Waals surface area contributed by atoms with Gasteiger partial charge < -0.3 is 15.1 Å². The number of carbonyl (C=O) groups excluding carboxylic acids is 1. The fourth-order valence-corrected chi connectivity index (χ4v) is 4.11. The molecule has 1 saturated heterocycles. The summed E-state index contributed by atoms with van der Waals surface area (Å²) in [5.41, 5.74) is 3.20. The van der Waals surface area contributed by atoms with Crippen LogP contribution in [0.15, 0.2) is 78.9 Å². The van der Waals surface area contributed by atoms with Gasteiger partial charge >= 0.3 is 0 Å². The molecule has 0 saturated carbocycles. The average Bonchev–Trinajstić information content (AvgIpc) is 2.85. The van der Waals surface area contributed by atoms with Crippen LogP contribution < -0.4 is 15.1 Å². The third kappa shape index (κ3) is 4.18. The van der Waals surface area contributed by atoms with E-state index in [2.05, 4.69) is 27.5 Å². The maximum Gasteiger partial charge on any atom is 0.256 e. The molecule has 0 atom stereocenters. The highest BCUT2D eigenvalue weighted by molar-refractivity contribution is 6.12. The second-order valence-electron chi connectivity index (χ2n) is 8.28. The molecule has 1 aliphatic rings. The predicted octanol–water partition coefficient (Wildman–Crippen LogP) is 2.88. The standard InChI is InChI=1S/C26H25N5O/c1-30-15-17-31(18-16-30)25-14-13-24(28-29-25)20-9-11-21(12-10-20)27-26(32)23-8-4-6-19-5-2-3-7-22(19)23/h2-14H,15-18H2,1H3,(H,27,32)/p+1. The first kappa shape index (κ1) is 20.2. The number of piperazine rings is 1. The van der Waals surface area contributed by atoms with Crippen LogP contribution in [0.4, 0.5) is 11.5 Å². The van der Waals surface area contributed by atoms with E-state index in [4.69, 9.17) is 0 Å². The molecule has 2 N–H and O–H groups in total. The van der Waals surface area contributed by atoms with E-state index in [-0.39, 0.29) is 5.91 Å². The second kappa shape index (κ2) is 8.77. The molecule has 2 heterocycles. The van der Waals surface area contributed by atoms with Crippen LogP contribution in [0.3, 0.4) is 0 Å². The Labute approximate surface area is 187 Å². The maximum absolute atomic E-state index is 12.9. The summed E-state index contributed by atoms with van der Waals surface area (Å²) in [5, 5.41) is 13.9. The number of nitrogens with zero attached hydrogens (tertiary/aromatic N) is 3. The van der Waals surface area contributed by atoms with E-state index >= 15 is 0 Å². The minimum atomic E-state index is -0.118. The molecule has 5 rings (SSSR count). The van der Waals surface area contributed by atoms with Crippen molar-refractivity contribution in [3.63, 3.8) is 0 Å². The van der Waals surface area contributed by atoms with Gasteiger partial charge in [0.1, 0.15) is 0 Å². The Kier molecular flexibility index (Phi) is 5.52. The summed E-state index contributed by atoms with van der Waals surface area (Å²) in [6.07, 6.45) is 0. The maximum atomic E-state index is 12.9. The molecule has 1 aromatic heterocycles. The van der Waals surface area contributed by atoms with Crippen LogP contribution in [0.2, 0.25) is 0 Å². The lowest BCUT2D eigenvalue weighted by Gasteiger charge is -2.30. The van der Waals surface area contributed by atoms with Crippen molar-refractivity contribution in [3.8, 4) is 11.3 Å². The van der Waals surface area contributed by atoms with E-state index in [1.54, 1.807) is 4.90 Å². The molecule has 0 bridgehead atoms. The predicted molar refractivity (Wildman–Crippen MR) is 128 cm³/mol. The fourth-order valence-electron chi connectivity index (χ4n) is 4.11. The summed E-state index contributed by atoms with van der Waals surface area (Å²) in [5.74, 6) is 0.813. The van der Waals surface area contributed by atoms with Crippen molar-refractivity contribution in [2.24, 2.45) is 0 Å². The van der Waals surface area contributed by atoms with Crippen molar-refractivity contribution in [1.29, 1.82) is 0 Å². The summed E-state index contributed by atoms with van der Waals surface area (Å²) in [6, 6.07) is 25.5. The van der Waals surface area contributed by atoms with Crippen LogP contribution in [-0.2, 0) is 0 Å².